The van der Waals surface area contributed by atoms with Crippen LogP contribution in [0.2, 0.25) is 0 Å². The van der Waals surface area contributed by atoms with Crippen molar-refractivity contribution in [3.05, 3.63) is 109 Å². The van der Waals surface area contributed by atoms with Gasteiger partial charge in [0.15, 0.2) is 0 Å². The summed E-state index contributed by atoms with van der Waals surface area (Å²) in [5, 5.41) is 18.1. The monoisotopic (exact) mass is 436 g/mol. The van der Waals surface area contributed by atoms with E-state index >= 15 is 0 Å². The topological polar surface area (TPSA) is 93.1 Å². The minimum Gasteiger partial charge on any atom is -0.508 e. The second-order valence-corrected chi connectivity index (χ2v) is 7.44. The number of benzene rings is 4. The van der Waals surface area contributed by atoms with Crippen LogP contribution in [0.15, 0.2) is 109 Å². The Labute approximate surface area is 180 Å². The van der Waals surface area contributed by atoms with Crippen LogP contribution in [-0.2, 0) is 10.4 Å². The molecule has 0 amide bonds. The van der Waals surface area contributed by atoms with Gasteiger partial charge in [0.2, 0.25) is 0 Å². The van der Waals surface area contributed by atoms with Gasteiger partial charge in [-0.1, -0.05) is 60.7 Å². The molecule has 0 aliphatic rings. The van der Waals surface area contributed by atoms with Gasteiger partial charge >= 0.3 is 10.4 Å². The summed E-state index contributed by atoms with van der Waals surface area (Å²) in [5.41, 5.74) is 2.55. The number of hydrogen-bond donors (Lipinski definition) is 2. The standard InChI is InChI=1S/C12H10O6S.C12H10/c13-9-1-5-11(6-2-9)17-19(15,16)18-12-7-3-10(14)4-8-12;1-3-7-11(8-4-1)12-9-5-2-6-10-12/h1-8,13-14H;1-10H. The van der Waals surface area contributed by atoms with Gasteiger partial charge < -0.3 is 18.6 Å². The van der Waals surface area contributed by atoms with Crippen molar-refractivity contribution in [3.63, 3.8) is 0 Å². The SMILES string of the molecule is O=S(=O)(Oc1ccc(O)cc1)Oc1ccc(O)cc1.c1ccc(-c2ccccc2)cc1. The van der Waals surface area contributed by atoms with Crippen LogP contribution in [0.3, 0.4) is 0 Å². The van der Waals surface area contributed by atoms with Crippen molar-refractivity contribution < 1.29 is 27.0 Å². The molecule has 4 rings (SSSR count). The highest BCUT2D eigenvalue weighted by atomic mass is 32.3. The first-order chi connectivity index (χ1) is 14.9. The number of phenolic OH excluding ortho intramolecular Hbond substituents is 2. The second kappa shape index (κ2) is 10.2. The maximum atomic E-state index is 11.6. The van der Waals surface area contributed by atoms with Crippen molar-refractivity contribution in [1.82, 2.24) is 0 Å². The molecule has 6 nitrogen and oxygen atoms in total. The Morgan fingerprint density at radius 2 is 0.806 bits per heavy atom. The van der Waals surface area contributed by atoms with E-state index in [0.29, 0.717) is 0 Å². The molecule has 31 heavy (non-hydrogen) atoms. The van der Waals surface area contributed by atoms with Crippen molar-refractivity contribution in [2.75, 3.05) is 0 Å². The molecule has 0 aliphatic carbocycles. The molecule has 2 N–H and O–H groups in total. The average molecular weight is 436 g/mol. The van der Waals surface area contributed by atoms with E-state index < -0.39 is 10.4 Å². The molecule has 7 heteroatoms. The van der Waals surface area contributed by atoms with Gasteiger partial charge in [-0.05, 0) is 59.7 Å². The molecule has 0 heterocycles. The summed E-state index contributed by atoms with van der Waals surface area (Å²) in [7, 11) is -4.28. The summed E-state index contributed by atoms with van der Waals surface area (Å²) in [4.78, 5) is 0. The molecule has 4 aromatic carbocycles. The van der Waals surface area contributed by atoms with Crippen molar-refractivity contribution >= 4 is 10.4 Å². The highest BCUT2D eigenvalue weighted by molar-refractivity contribution is 7.82. The van der Waals surface area contributed by atoms with Gasteiger partial charge in [-0.3, -0.25) is 0 Å². The molecular formula is C24H20O6S. The van der Waals surface area contributed by atoms with Crippen LogP contribution in [0.4, 0.5) is 0 Å². The minimum atomic E-state index is -4.28. The average Bonchev–Trinajstić information content (AvgIpc) is 2.78. The van der Waals surface area contributed by atoms with Crippen molar-refractivity contribution in [2.24, 2.45) is 0 Å². The quantitative estimate of drug-likeness (QED) is 0.449. The summed E-state index contributed by atoms with van der Waals surface area (Å²) in [6.45, 7) is 0. The minimum absolute atomic E-state index is 0.01000. The molecule has 0 saturated heterocycles. The first-order valence-electron chi connectivity index (χ1n) is 9.24. The van der Waals surface area contributed by atoms with E-state index in [1.807, 2.05) is 12.1 Å². The Morgan fingerprint density at radius 3 is 1.13 bits per heavy atom. The smallest absolute Gasteiger partial charge is 0.500 e. The largest absolute Gasteiger partial charge is 0.508 e. The van der Waals surface area contributed by atoms with Gasteiger partial charge in [0.05, 0.1) is 0 Å². The normalized spacial score (nSPS) is 10.5. The van der Waals surface area contributed by atoms with Crippen LogP contribution in [0.1, 0.15) is 0 Å². The highest BCUT2D eigenvalue weighted by Gasteiger charge is 2.15. The van der Waals surface area contributed by atoms with Crippen LogP contribution < -0.4 is 8.37 Å². The van der Waals surface area contributed by atoms with Crippen molar-refractivity contribution in [2.45, 2.75) is 0 Å². The van der Waals surface area contributed by atoms with Crippen LogP contribution in [0, 0.1) is 0 Å². The van der Waals surface area contributed by atoms with E-state index in [-0.39, 0.29) is 23.0 Å². The zero-order valence-corrected chi connectivity index (χ0v) is 17.1. The third kappa shape index (κ3) is 7.09. The number of hydrogen-bond acceptors (Lipinski definition) is 6. The zero-order valence-electron chi connectivity index (χ0n) is 16.3. The van der Waals surface area contributed by atoms with Crippen molar-refractivity contribution in [3.8, 4) is 34.1 Å². The van der Waals surface area contributed by atoms with Gasteiger partial charge in [0.25, 0.3) is 0 Å². The number of rotatable bonds is 5. The lowest BCUT2D eigenvalue weighted by atomic mass is 10.1. The Morgan fingerprint density at radius 1 is 0.484 bits per heavy atom. The summed E-state index contributed by atoms with van der Waals surface area (Å²) >= 11 is 0. The van der Waals surface area contributed by atoms with Gasteiger partial charge in [-0.2, -0.15) is 0 Å². The molecule has 0 fully saturated rings. The van der Waals surface area contributed by atoms with Crippen LogP contribution in [0.25, 0.3) is 11.1 Å². The van der Waals surface area contributed by atoms with Crippen LogP contribution >= 0.6 is 0 Å². The third-order valence-electron chi connectivity index (χ3n) is 3.95. The Bertz CT molecular complexity index is 1080. The summed E-state index contributed by atoms with van der Waals surface area (Å²) in [5.74, 6) is 0.00144. The first kappa shape index (κ1) is 21.7. The first-order valence-corrected chi connectivity index (χ1v) is 10.6. The molecule has 0 radical (unpaired) electrons. The van der Waals surface area contributed by atoms with Gasteiger partial charge in [0, 0.05) is 0 Å². The van der Waals surface area contributed by atoms with E-state index in [2.05, 4.69) is 56.9 Å². The number of phenols is 2. The fraction of sp³-hybridized carbons (Fsp3) is 0. The van der Waals surface area contributed by atoms with Crippen LogP contribution in [0.5, 0.6) is 23.0 Å². The molecule has 0 saturated carbocycles. The third-order valence-corrected chi connectivity index (χ3v) is 4.74. The summed E-state index contributed by atoms with van der Waals surface area (Å²) < 4.78 is 32.5. The maximum Gasteiger partial charge on any atom is 0.500 e. The van der Waals surface area contributed by atoms with E-state index in [1.165, 1.54) is 59.7 Å². The molecule has 0 atom stereocenters. The van der Waals surface area contributed by atoms with Gasteiger partial charge in [0.1, 0.15) is 23.0 Å². The van der Waals surface area contributed by atoms with Gasteiger partial charge in [-0.15, -0.1) is 8.42 Å². The molecule has 0 bridgehead atoms. The van der Waals surface area contributed by atoms with Crippen LogP contribution in [-0.4, -0.2) is 18.6 Å². The zero-order chi connectivity index (χ0) is 22.1. The maximum absolute atomic E-state index is 11.6. The lowest BCUT2D eigenvalue weighted by Crippen LogP contribution is -2.16. The molecule has 0 spiro atoms. The van der Waals surface area contributed by atoms with E-state index in [9.17, 15) is 8.42 Å². The molecule has 0 unspecified atom stereocenters. The molecular weight excluding hydrogens is 416 g/mol. The van der Waals surface area contributed by atoms with E-state index in [1.54, 1.807) is 0 Å². The molecule has 0 aromatic heterocycles. The Kier molecular flexibility index (Phi) is 7.13. The van der Waals surface area contributed by atoms with E-state index in [0.717, 1.165) is 0 Å². The van der Waals surface area contributed by atoms with Crippen molar-refractivity contribution in [1.29, 1.82) is 0 Å². The van der Waals surface area contributed by atoms with E-state index in [4.69, 9.17) is 10.2 Å². The van der Waals surface area contributed by atoms with Gasteiger partial charge in [-0.25, -0.2) is 0 Å². The highest BCUT2D eigenvalue weighted by Crippen LogP contribution is 2.21. The fourth-order valence-corrected chi connectivity index (χ4v) is 3.24. The lowest BCUT2D eigenvalue weighted by Gasteiger charge is -2.07. The summed E-state index contributed by atoms with van der Waals surface area (Å²) in [6.07, 6.45) is 0. The molecule has 0 aliphatic heterocycles. The predicted octanol–water partition coefficient (Wildman–Crippen LogP) is 5.15. The summed E-state index contributed by atoms with van der Waals surface area (Å²) in [6, 6.07) is 31.1. The number of aromatic hydroxyl groups is 2. The second-order valence-electron chi connectivity index (χ2n) is 6.29. The predicted molar refractivity (Wildman–Crippen MR) is 118 cm³/mol. The lowest BCUT2D eigenvalue weighted by molar-refractivity contribution is 0.391. The fourth-order valence-electron chi connectivity index (χ4n) is 2.52. The Hall–Kier alpha value is -3.97. The molecule has 4 aromatic rings. The molecule has 158 valence electrons. The Balaban J connectivity index is 0.000000194.